The van der Waals surface area contributed by atoms with Crippen molar-refractivity contribution in [1.29, 1.82) is 0 Å². The SMILES string of the molecule is O=C(NC1CCOCC1CC(=O)N1CCC1C(=O)O)OCC1c2ccccc2-c2ccccc21. The van der Waals surface area contributed by atoms with Crippen LogP contribution in [0.3, 0.4) is 0 Å². The molecule has 8 nitrogen and oxygen atoms in total. The highest BCUT2D eigenvalue weighted by molar-refractivity contribution is 5.85. The van der Waals surface area contributed by atoms with E-state index in [1.54, 1.807) is 0 Å². The van der Waals surface area contributed by atoms with Crippen LogP contribution in [-0.4, -0.2) is 66.4 Å². The number of rotatable bonds is 6. The van der Waals surface area contributed by atoms with E-state index in [1.165, 1.54) is 16.0 Å². The summed E-state index contributed by atoms with van der Waals surface area (Å²) in [6, 6.07) is 15.3. The molecule has 8 heteroatoms. The molecular formula is C26H28N2O6. The maximum atomic E-state index is 12.7. The van der Waals surface area contributed by atoms with Gasteiger partial charge >= 0.3 is 12.1 Å². The number of benzene rings is 2. The summed E-state index contributed by atoms with van der Waals surface area (Å²) < 4.78 is 11.2. The van der Waals surface area contributed by atoms with Gasteiger partial charge in [-0.1, -0.05) is 48.5 Å². The number of carboxylic acid groups (broad SMARTS) is 1. The number of aliphatic carboxylic acids is 1. The highest BCUT2D eigenvalue weighted by Crippen LogP contribution is 2.44. The monoisotopic (exact) mass is 464 g/mol. The van der Waals surface area contributed by atoms with E-state index in [9.17, 15) is 19.5 Å². The van der Waals surface area contributed by atoms with Gasteiger partial charge in [0.05, 0.1) is 6.61 Å². The summed E-state index contributed by atoms with van der Waals surface area (Å²) in [5.74, 6) is -1.44. The first-order valence-corrected chi connectivity index (χ1v) is 11.7. The highest BCUT2D eigenvalue weighted by Gasteiger charge is 2.39. The lowest BCUT2D eigenvalue weighted by Gasteiger charge is -2.40. The number of alkyl carbamates (subject to hydrolysis) is 1. The molecule has 5 rings (SSSR count). The number of carbonyl (C=O) groups is 3. The molecule has 2 N–H and O–H groups in total. The maximum absolute atomic E-state index is 12.7. The van der Waals surface area contributed by atoms with Crippen LogP contribution in [0.25, 0.3) is 11.1 Å². The summed E-state index contributed by atoms with van der Waals surface area (Å²) in [7, 11) is 0. The minimum atomic E-state index is -0.979. The van der Waals surface area contributed by atoms with Crippen LogP contribution in [0.4, 0.5) is 4.79 Å². The number of carboxylic acids is 1. The molecule has 34 heavy (non-hydrogen) atoms. The van der Waals surface area contributed by atoms with E-state index in [0.29, 0.717) is 32.6 Å². The second-order valence-corrected chi connectivity index (χ2v) is 9.13. The minimum absolute atomic E-state index is 0.0235. The second-order valence-electron chi connectivity index (χ2n) is 9.13. The van der Waals surface area contributed by atoms with Crippen molar-refractivity contribution >= 4 is 18.0 Å². The molecule has 178 valence electrons. The zero-order chi connectivity index (χ0) is 23.7. The van der Waals surface area contributed by atoms with Gasteiger partial charge in [-0.3, -0.25) is 4.79 Å². The van der Waals surface area contributed by atoms with Gasteiger partial charge in [-0.05, 0) is 35.1 Å². The van der Waals surface area contributed by atoms with Gasteiger partial charge in [-0.15, -0.1) is 0 Å². The summed E-state index contributed by atoms with van der Waals surface area (Å²) in [5.41, 5.74) is 4.63. The lowest BCUT2D eigenvalue weighted by Crippen LogP contribution is -2.56. The zero-order valence-corrected chi connectivity index (χ0v) is 18.8. The van der Waals surface area contributed by atoms with Crippen LogP contribution >= 0.6 is 0 Å². The van der Waals surface area contributed by atoms with Gasteiger partial charge in [0.15, 0.2) is 0 Å². The third-order valence-corrected chi connectivity index (χ3v) is 7.18. The molecule has 2 aromatic carbocycles. The highest BCUT2D eigenvalue weighted by atomic mass is 16.5. The lowest BCUT2D eigenvalue weighted by atomic mass is 9.91. The van der Waals surface area contributed by atoms with Crippen LogP contribution in [0.2, 0.25) is 0 Å². The summed E-state index contributed by atoms with van der Waals surface area (Å²) in [5, 5.41) is 12.1. The molecule has 0 radical (unpaired) electrons. The standard InChI is InChI=1S/C26H28N2O6/c29-24(28-11-9-23(28)25(30)31)13-16-14-33-12-10-22(16)27-26(32)34-15-21-19-7-3-1-5-17(19)18-6-2-4-8-20(18)21/h1-8,16,21-23H,9-15H2,(H,27,32)(H,30,31). The van der Waals surface area contributed by atoms with Crippen LogP contribution < -0.4 is 5.32 Å². The first-order chi connectivity index (χ1) is 16.5. The van der Waals surface area contributed by atoms with Crippen LogP contribution in [0, 0.1) is 5.92 Å². The summed E-state index contributed by atoms with van der Waals surface area (Å²) in [6.45, 7) is 1.50. The molecule has 3 unspecified atom stereocenters. The van der Waals surface area contributed by atoms with Crippen LogP contribution in [0.1, 0.15) is 36.3 Å². The number of hydrogen-bond acceptors (Lipinski definition) is 5. The number of likely N-dealkylation sites (tertiary alicyclic amines) is 1. The molecule has 0 spiro atoms. The smallest absolute Gasteiger partial charge is 0.407 e. The summed E-state index contributed by atoms with van der Waals surface area (Å²) in [6.07, 6.45) is 0.672. The minimum Gasteiger partial charge on any atom is -0.480 e. The largest absolute Gasteiger partial charge is 0.480 e. The Morgan fingerprint density at radius 1 is 1.03 bits per heavy atom. The van der Waals surface area contributed by atoms with E-state index in [0.717, 1.165) is 11.1 Å². The molecule has 2 aromatic rings. The Bertz CT molecular complexity index is 1060. The molecule has 2 amide bonds. The number of nitrogens with zero attached hydrogens (tertiary/aromatic N) is 1. The Labute approximate surface area is 197 Å². The zero-order valence-electron chi connectivity index (χ0n) is 18.8. The number of ether oxygens (including phenoxy) is 2. The molecule has 0 saturated carbocycles. The third-order valence-electron chi connectivity index (χ3n) is 7.18. The Kier molecular flexibility index (Phi) is 6.24. The normalized spacial score (nSPS) is 23.4. The Balaban J connectivity index is 1.19. The average molecular weight is 465 g/mol. The lowest BCUT2D eigenvalue weighted by molar-refractivity contribution is -0.158. The molecule has 2 saturated heterocycles. The molecule has 0 bridgehead atoms. The van der Waals surface area contributed by atoms with Crippen molar-refractivity contribution in [3.63, 3.8) is 0 Å². The number of nitrogens with one attached hydrogen (secondary N) is 1. The topological polar surface area (TPSA) is 105 Å². The van der Waals surface area contributed by atoms with Gasteiger partial charge in [-0.2, -0.15) is 0 Å². The van der Waals surface area contributed by atoms with Crippen molar-refractivity contribution in [2.24, 2.45) is 5.92 Å². The Morgan fingerprint density at radius 3 is 2.32 bits per heavy atom. The predicted octanol–water partition coefficient (Wildman–Crippen LogP) is 3.01. The van der Waals surface area contributed by atoms with Crippen LogP contribution in [-0.2, 0) is 19.1 Å². The fourth-order valence-electron chi connectivity index (χ4n) is 5.26. The van der Waals surface area contributed by atoms with Crippen molar-refractivity contribution in [2.45, 2.75) is 37.3 Å². The number of carbonyl (C=O) groups excluding carboxylic acids is 2. The molecule has 2 heterocycles. The number of hydrogen-bond donors (Lipinski definition) is 2. The third kappa shape index (κ3) is 4.25. The van der Waals surface area contributed by atoms with Gasteiger partial charge in [0.1, 0.15) is 12.6 Å². The average Bonchev–Trinajstić information content (AvgIpc) is 3.11. The first kappa shape index (κ1) is 22.4. The van der Waals surface area contributed by atoms with Gasteiger partial charge in [0.2, 0.25) is 5.91 Å². The molecule has 3 aliphatic rings. The van der Waals surface area contributed by atoms with Crippen LogP contribution in [0.5, 0.6) is 0 Å². The second kappa shape index (κ2) is 9.46. The number of amides is 2. The van der Waals surface area contributed by atoms with Gasteiger partial charge in [-0.25, -0.2) is 9.59 Å². The van der Waals surface area contributed by atoms with Gasteiger partial charge < -0.3 is 24.8 Å². The van der Waals surface area contributed by atoms with Crippen molar-refractivity contribution < 1.29 is 29.0 Å². The van der Waals surface area contributed by atoms with Crippen LogP contribution in [0.15, 0.2) is 48.5 Å². The quantitative estimate of drug-likeness (QED) is 0.681. The van der Waals surface area contributed by atoms with Gasteiger partial charge in [0, 0.05) is 37.5 Å². The number of fused-ring (bicyclic) bond motifs is 3. The fourth-order valence-corrected chi connectivity index (χ4v) is 5.26. The van der Waals surface area contributed by atoms with Crippen molar-refractivity contribution in [3.05, 3.63) is 59.7 Å². The predicted molar refractivity (Wildman–Crippen MR) is 123 cm³/mol. The summed E-state index contributed by atoms with van der Waals surface area (Å²) >= 11 is 0. The maximum Gasteiger partial charge on any atom is 0.407 e. The van der Waals surface area contributed by atoms with E-state index < -0.39 is 18.1 Å². The molecule has 3 atom stereocenters. The van der Waals surface area contributed by atoms with Crippen molar-refractivity contribution in [3.8, 4) is 11.1 Å². The van der Waals surface area contributed by atoms with Crippen molar-refractivity contribution in [2.75, 3.05) is 26.4 Å². The molecule has 2 fully saturated rings. The van der Waals surface area contributed by atoms with E-state index in [4.69, 9.17) is 9.47 Å². The fraction of sp³-hybridized carbons (Fsp3) is 0.423. The van der Waals surface area contributed by atoms with E-state index >= 15 is 0 Å². The Hall–Kier alpha value is -3.39. The molecule has 0 aromatic heterocycles. The van der Waals surface area contributed by atoms with Crippen molar-refractivity contribution in [1.82, 2.24) is 10.2 Å². The van der Waals surface area contributed by atoms with E-state index in [2.05, 4.69) is 29.6 Å². The summed E-state index contributed by atoms with van der Waals surface area (Å²) in [4.78, 5) is 38.0. The molecule has 2 aliphatic heterocycles. The Morgan fingerprint density at radius 2 is 1.71 bits per heavy atom. The first-order valence-electron chi connectivity index (χ1n) is 11.7. The van der Waals surface area contributed by atoms with E-state index in [-0.39, 0.29) is 36.8 Å². The van der Waals surface area contributed by atoms with E-state index in [1.807, 2.05) is 24.3 Å². The molecule has 1 aliphatic carbocycles. The molecular weight excluding hydrogens is 436 g/mol. The van der Waals surface area contributed by atoms with Gasteiger partial charge in [0.25, 0.3) is 0 Å².